The van der Waals surface area contributed by atoms with Gasteiger partial charge in [-0.25, -0.2) is 9.18 Å². The lowest BCUT2D eigenvalue weighted by Crippen LogP contribution is -2.08. The summed E-state index contributed by atoms with van der Waals surface area (Å²) >= 11 is 0. The van der Waals surface area contributed by atoms with E-state index in [0.717, 1.165) is 12.5 Å². The van der Waals surface area contributed by atoms with Gasteiger partial charge < -0.3 is 9.84 Å². The Morgan fingerprint density at radius 3 is 2.75 bits per heavy atom. The minimum atomic E-state index is -1.16. The van der Waals surface area contributed by atoms with Crippen molar-refractivity contribution in [3.8, 4) is 5.75 Å². The Labute approximate surface area is 93.9 Å². The van der Waals surface area contributed by atoms with E-state index in [-0.39, 0.29) is 11.3 Å². The molecule has 1 aromatic carbocycles. The highest BCUT2D eigenvalue weighted by molar-refractivity contribution is 5.88. The molecule has 0 spiro atoms. The predicted octanol–water partition coefficient (Wildman–Crippen LogP) is 2.95. The fourth-order valence-electron chi connectivity index (χ4n) is 1.13. The number of hydrogen-bond acceptors (Lipinski definition) is 2. The van der Waals surface area contributed by atoms with E-state index in [1.165, 1.54) is 12.1 Å². The van der Waals surface area contributed by atoms with Crippen LogP contribution in [0.15, 0.2) is 18.2 Å². The van der Waals surface area contributed by atoms with Gasteiger partial charge in [0.1, 0.15) is 11.6 Å². The van der Waals surface area contributed by atoms with Gasteiger partial charge in [-0.1, -0.05) is 20.3 Å². The molecule has 0 aliphatic heterocycles. The molecule has 0 aromatic heterocycles. The lowest BCUT2D eigenvalue weighted by molar-refractivity contribution is 0.0695. The summed E-state index contributed by atoms with van der Waals surface area (Å²) in [6.07, 6.45) is 0.959. The second-order valence-electron chi connectivity index (χ2n) is 3.81. The summed E-state index contributed by atoms with van der Waals surface area (Å²) in [7, 11) is 0. The van der Waals surface area contributed by atoms with Crippen LogP contribution in [0, 0.1) is 11.7 Å². The maximum atomic E-state index is 13.1. The second kappa shape index (κ2) is 5.49. The normalized spacial score (nSPS) is 12.2. The van der Waals surface area contributed by atoms with Gasteiger partial charge in [-0.2, -0.15) is 0 Å². The molecule has 0 saturated carbocycles. The third-order valence-corrected chi connectivity index (χ3v) is 2.35. The second-order valence-corrected chi connectivity index (χ2v) is 3.81. The van der Waals surface area contributed by atoms with Gasteiger partial charge in [-0.3, -0.25) is 0 Å². The predicted molar refractivity (Wildman–Crippen MR) is 58.3 cm³/mol. The average Bonchev–Trinajstić information content (AvgIpc) is 2.25. The van der Waals surface area contributed by atoms with Crippen LogP contribution in [-0.4, -0.2) is 17.7 Å². The van der Waals surface area contributed by atoms with Crippen LogP contribution in [0.1, 0.15) is 30.6 Å². The van der Waals surface area contributed by atoms with Crippen LogP contribution >= 0.6 is 0 Å². The monoisotopic (exact) mass is 226 g/mol. The Morgan fingerprint density at radius 1 is 1.50 bits per heavy atom. The van der Waals surface area contributed by atoms with Crippen molar-refractivity contribution in [3.63, 3.8) is 0 Å². The highest BCUT2D eigenvalue weighted by atomic mass is 19.1. The van der Waals surface area contributed by atoms with Gasteiger partial charge in [0, 0.05) is 6.07 Å². The fraction of sp³-hybridized carbons (Fsp3) is 0.417. The summed E-state index contributed by atoms with van der Waals surface area (Å²) in [5.41, 5.74) is -0.0980. The first-order chi connectivity index (χ1) is 7.52. The fourth-order valence-corrected chi connectivity index (χ4v) is 1.13. The summed E-state index contributed by atoms with van der Waals surface area (Å²) in [5.74, 6) is -1.14. The summed E-state index contributed by atoms with van der Waals surface area (Å²) in [6.45, 7) is 4.50. The molecule has 3 nitrogen and oxygen atoms in total. The van der Waals surface area contributed by atoms with Crippen LogP contribution in [-0.2, 0) is 0 Å². The third-order valence-electron chi connectivity index (χ3n) is 2.35. The summed E-state index contributed by atoms with van der Waals surface area (Å²) in [4.78, 5) is 10.7. The van der Waals surface area contributed by atoms with Crippen molar-refractivity contribution in [2.24, 2.45) is 5.92 Å². The lowest BCUT2D eigenvalue weighted by atomic mass is 10.1. The number of benzene rings is 1. The zero-order valence-corrected chi connectivity index (χ0v) is 9.37. The van der Waals surface area contributed by atoms with E-state index < -0.39 is 11.8 Å². The molecule has 0 aliphatic rings. The Kier molecular flexibility index (Phi) is 4.28. The van der Waals surface area contributed by atoms with E-state index in [9.17, 15) is 9.18 Å². The minimum absolute atomic E-state index is 0.0980. The van der Waals surface area contributed by atoms with Crippen LogP contribution in [0.2, 0.25) is 0 Å². The quantitative estimate of drug-likeness (QED) is 0.839. The van der Waals surface area contributed by atoms with Crippen LogP contribution in [0.25, 0.3) is 0 Å². The van der Waals surface area contributed by atoms with Gasteiger partial charge in [0.15, 0.2) is 0 Å². The molecular weight excluding hydrogens is 211 g/mol. The molecule has 0 saturated heterocycles. The van der Waals surface area contributed by atoms with E-state index in [2.05, 4.69) is 0 Å². The zero-order valence-electron chi connectivity index (χ0n) is 9.37. The van der Waals surface area contributed by atoms with E-state index in [0.29, 0.717) is 12.5 Å². The largest absolute Gasteiger partial charge is 0.493 e. The Bertz CT molecular complexity index is 377. The van der Waals surface area contributed by atoms with Crippen LogP contribution in [0.5, 0.6) is 5.75 Å². The molecule has 0 aliphatic carbocycles. The van der Waals surface area contributed by atoms with Crippen molar-refractivity contribution in [3.05, 3.63) is 29.6 Å². The van der Waals surface area contributed by atoms with Crippen LogP contribution in [0.3, 0.4) is 0 Å². The van der Waals surface area contributed by atoms with Crippen molar-refractivity contribution in [1.29, 1.82) is 0 Å². The zero-order chi connectivity index (χ0) is 12.1. The molecule has 1 atom stereocenters. The topological polar surface area (TPSA) is 46.5 Å². The molecule has 4 heteroatoms. The number of carboxylic acids is 1. The highest BCUT2D eigenvalue weighted by Gasteiger charge is 2.08. The molecule has 0 heterocycles. The van der Waals surface area contributed by atoms with Crippen LogP contribution < -0.4 is 4.74 Å². The van der Waals surface area contributed by atoms with Gasteiger partial charge in [-0.15, -0.1) is 0 Å². The van der Waals surface area contributed by atoms with Crippen molar-refractivity contribution >= 4 is 5.97 Å². The van der Waals surface area contributed by atoms with Crippen molar-refractivity contribution in [2.75, 3.05) is 6.61 Å². The Hall–Kier alpha value is -1.58. The third kappa shape index (κ3) is 3.53. The summed E-state index contributed by atoms with van der Waals surface area (Å²) in [6, 6.07) is 3.49. The maximum Gasteiger partial charge on any atom is 0.335 e. The SMILES string of the molecule is CCC(C)COc1cc(F)cc(C(=O)O)c1. The van der Waals surface area contributed by atoms with Crippen LogP contribution in [0.4, 0.5) is 4.39 Å². The number of carbonyl (C=O) groups is 1. The highest BCUT2D eigenvalue weighted by Crippen LogP contribution is 2.17. The number of carboxylic acid groups (broad SMARTS) is 1. The van der Waals surface area contributed by atoms with Gasteiger partial charge in [0.05, 0.1) is 12.2 Å². The molecule has 0 amide bonds. The molecule has 0 bridgehead atoms. The van der Waals surface area contributed by atoms with Crippen molar-refractivity contribution < 1.29 is 19.0 Å². The average molecular weight is 226 g/mol. The first-order valence-corrected chi connectivity index (χ1v) is 5.19. The number of ether oxygens (including phenoxy) is 1. The Balaban J connectivity index is 2.76. The molecule has 1 N–H and O–H groups in total. The number of rotatable bonds is 5. The molecule has 88 valence electrons. The van der Waals surface area contributed by atoms with E-state index in [1.54, 1.807) is 0 Å². The van der Waals surface area contributed by atoms with E-state index in [1.807, 2.05) is 13.8 Å². The molecule has 1 unspecified atom stereocenters. The lowest BCUT2D eigenvalue weighted by Gasteiger charge is -2.11. The Morgan fingerprint density at radius 2 is 2.19 bits per heavy atom. The molecule has 1 aromatic rings. The van der Waals surface area contributed by atoms with Gasteiger partial charge in [0.2, 0.25) is 0 Å². The molecule has 16 heavy (non-hydrogen) atoms. The smallest absolute Gasteiger partial charge is 0.335 e. The van der Waals surface area contributed by atoms with Crippen molar-refractivity contribution in [1.82, 2.24) is 0 Å². The molecule has 0 fully saturated rings. The summed E-state index contributed by atoms with van der Waals surface area (Å²) in [5, 5.41) is 8.74. The van der Waals surface area contributed by atoms with Crippen molar-refractivity contribution in [2.45, 2.75) is 20.3 Å². The standard InChI is InChI=1S/C12H15FO3/c1-3-8(2)7-16-11-5-9(12(14)15)4-10(13)6-11/h4-6,8H,3,7H2,1-2H3,(H,14,15). The number of aromatic carboxylic acids is 1. The first kappa shape index (κ1) is 12.5. The molecule has 1 rings (SSSR count). The molecule has 0 radical (unpaired) electrons. The van der Waals surface area contributed by atoms with Gasteiger partial charge in [-0.05, 0) is 18.1 Å². The van der Waals surface area contributed by atoms with E-state index >= 15 is 0 Å². The summed E-state index contributed by atoms with van der Waals surface area (Å²) < 4.78 is 18.4. The molecular formula is C12H15FO3. The number of halogens is 1. The maximum absolute atomic E-state index is 13.1. The van der Waals surface area contributed by atoms with E-state index in [4.69, 9.17) is 9.84 Å². The van der Waals surface area contributed by atoms with Gasteiger partial charge in [0.25, 0.3) is 0 Å². The number of hydrogen-bond donors (Lipinski definition) is 1. The first-order valence-electron chi connectivity index (χ1n) is 5.19. The minimum Gasteiger partial charge on any atom is -0.493 e. The van der Waals surface area contributed by atoms with Gasteiger partial charge >= 0.3 is 5.97 Å².